The molecule has 0 bridgehead atoms. The van der Waals surface area contributed by atoms with Crippen molar-refractivity contribution < 1.29 is 23.8 Å². The summed E-state index contributed by atoms with van der Waals surface area (Å²) in [5, 5.41) is 0. The lowest BCUT2D eigenvalue weighted by Gasteiger charge is -2.16. The van der Waals surface area contributed by atoms with Gasteiger partial charge in [-0.3, -0.25) is 4.79 Å². The summed E-state index contributed by atoms with van der Waals surface area (Å²) in [5.41, 5.74) is 0.751. The lowest BCUT2D eigenvalue weighted by atomic mass is 10.2. The lowest BCUT2D eigenvalue weighted by Crippen LogP contribution is -2.34. The molecule has 1 atom stereocenters. The zero-order chi connectivity index (χ0) is 16.7. The molecule has 0 aromatic heterocycles. The van der Waals surface area contributed by atoms with E-state index in [4.69, 9.17) is 14.2 Å². The number of likely N-dealkylation sites (N-methyl/N-ethyl adjacent to an activating group) is 1. The molecule has 0 saturated carbocycles. The van der Waals surface area contributed by atoms with Crippen LogP contribution in [0.15, 0.2) is 24.3 Å². The number of hydrogen-bond acceptors (Lipinski definition) is 5. The van der Waals surface area contributed by atoms with Crippen LogP contribution < -0.4 is 9.47 Å². The number of carbonyl (C=O) groups is 2. The van der Waals surface area contributed by atoms with Crippen molar-refractivity contribution in [2.45, 2.75) is 13.0 Å². The van der Waals surface area contributed by atoms with Crippen molar-refractivity contribution in [1.29, 1.82) is 0 Å². The minimum atomic E-state index is -0.822. The van der Waals surface area contributed by atoms with Crippen LogP contribution in [0.3, 0.4) is 0 Å². The maximum atomic E-state index is 11.7. The Balaban J connectivity index is 2.72. The third kappa shape index (κ3) is 4.80. The molecule has 120 valence electrons. The highest BCUT2D eigenvalue weighted by Crippen LogP contribution is 2.27. The minimum absolute atomic E-state index is 0.270. The molecule has 0 unspecified atom stereocenters. The van der Waals surface area contributed by atoms with Crippen LogP contribution in [0.5, 0.6) is 11.5 Å². The van der Waals surface area contributed by atoms with Crippen molar-refractivity contribution in [3.63, 3.8) is 0 Å². The normalized spacial score (nSPS) is 11.9. The molecular formula is C16H21NO5. The van der Waals surface area contributed by atoms with Gasteiger partial charge in [-0.05, 0) is 30.7 Å². The smallest absolute Gasteiger partial charge is 0.331 e. The zero-order valence-corrected chi connectivity index (χ0v) is 13.5. The molecule has 22 heavy (non-hydrogen) atoms. The van der Waals surface area contributed by atoms with E-state index in [9.17, 15) is 9.59 Å². The van der Waals surface area contributed by atoms with E-state index < -0.39 is 12.1 Å². The molecule has 0 aliphatic carbocycles. The summed E-state index contributed by atoms with van der Waals surface area (Å²) in [5.74, 6) is 0.312. The molecule has 0 saturated heterocycles. The highest BCUT2D eigenvalue weighted by atomic mass is 16.5. The minimum Gasteiger partial charge on any atom is -0.493 e. The summed E-state index contributed by atoms with van der Waals surface area (Å²) in [4.78, 5) is 24.7. The number of ether oxygens (including phenoxy) is 3. The van der Waals surface area contributed by atoms with E-state index in [1.165, 1.54) is 25.0 Å². The highest BCUT2D eigenvalue weighted by Gasteiger charge is 2.17. The predicted octanol–water partition coefficient (Wildman–Crippen LogP) is 1.74. The van der Waals surface area contributed by atoms with Gasteiger partial charge in [0.2, 0.25) is 0 Å². The Bertz CT molecular complexity index is 566. The van der Waals surface area contributed by atoms with E-state index >= 15 is 0 Å². The van der Waals surface area contributed by atoms with Crippen molar-refractivity contribution in [2.75, 3.05) is 28.3 Å². The molecule has 0 aliphatic rings. The van der Waals surface area contributed by atoms with Gasteiger partial charge >= 0.3 is 5.97 Å². The third-order valence-electron chi connectivity index (χ3n) is 2.90. The van der Waals surface area contributed by atoms with Crippen LogP contribution in [-0.2, 0) is 14.3 Å². The Kier molecular flexibility index (Phi) is 6.44. The second-order valence-electron chi connectivity index (χ2n) is 4.76. The van der Waals surface area contributed by atoms with Gasteiger partial charge in [-0.1, -0.05) is 6.07 Å². The van der Waals surface area contributed by atoms with Crippen LogP contribution in [0.2, 0.25) is 0 Å². The number of rotatable bonds is 6. The maximum Gasteiger partial charge on any atom is 0.331 e. The van der Waals surface area contributed by atoms with Crippen LogP contribution in [0.1, 0.15) is 12.5 Å². The van der Waals surface area contributed by atoms with Crippen LogP contribution >= 0.6 is 0 Å². The first-order valence-electron chi connectivity index (χ1n) is 6.71. The van der Waals surface area contributed by atoms with Gasteiger partial charge in [0.1, 0.15) is 0 Å². The first-order valence-corrected chi connectivity index (χ1v) is 6.71. The fraction of sp³-hybridized carbons (Fsp3) is 0.375. The number of carbonyl (C=O) groups excluding carboxylic acids is 2. The van der Waals surface area contributed by atoms with Gasteiger partial charge in [0, 0.05) is 20.2 Å². The fourth-order valence-corrected chi connectivity index (χ4v) is 1.75. The van der Waals surface area contributed by atoms with Crippen LogP contribution in [-0.4, -0.2) is 51.2 Å². The number of methoxy groups -OCH3 is 2. The van der Waals surface area contributed by atoms with Gasteiger partial charge in [0.15, 0.2) is 17.6 Å². The van der Waals surface area contributed by atoms with Gasteiger partial charge in [-0.15, -0.1) is 0 Å². The van der Waals surface area contributed by atoms with Crippen molar-refractivity contribution in [1.82, 2.24) is 4.90 Å². The van der Waals surface area contributed by atoms with E-state index in [-0.39, 0.29) is 5.91 Å². The van der Waals surface area contributed by atoms with Crippen LogP contribution in [0, 0.1) is 0 Å². The average molecular weight is 307 g/mol. The molecular weight excluding hydrogens is 286 g/mol. The summed E-state index contributed by atoms with van der Waals surface area (Å²) < 4.78 is 15.3. The van der Waals surface area contributed by atoms with Crippen molar-refractivity contribution >= 4 is 18.0 Å². The Labute approximate surface area is 130 Å². The molecule has 1 rings (SSSR count). The SMILES string of the molecule is COc1ccc(/C=C/C(=O)O[C@@H](C)C(=O)N(C)C)cc1OC. The molecule has 0 radical (unpaired) electrons. The van der Waals surface area contributed by atoms with E-state index in [1.807, 2.05) is 0 Å². The van der Waals surface area contributed by atoms with Gasteiger partial charge in [-0.2, -0.15) is 0 Å². The molecule has 1 aromatic carbocycles. The molecule has 0 aliphatic heterocycles. The number of hydrogen-bond donors (Lipinski definition) is 0. The molecule has 0 N–H and O–H groups in total. The van der Waals surface area contributed by atoms with E-state index in [0.717, 1.165) is 5.56 Å². The first kappa shape index (κ1) is 17.6. The fourth-order valence-electron chi connectivity index (χ4n) is 1.75. The quantitative estimate of drug-likeness (QED) is 0.591. The Morgan fingerprint density at radius 1 is 1.14 bits per heavy atom. The van der Waals surface area contributed by atoms with Gasteiger partial charge < -0.3 is 19.1 Å². The Morgan fingerprint density at radius 3 is 2.32 bits per heavy atom. The second-order valence-corrected chi connectivity index (χ2v) is 4.76. The monoisotopic (exact) mass is 307 g/mol. The predicted molar refractivity (Wildman–Crippen MR) is 82.8 cm³/mol. The Morgan fingerprint density at radius 2 is 1.77 bits per heavy atom. The average Bonchev–Trinajstić information content (AvgIpc) is 2.51. The van der Waals surface area contributed by atoms with Gasteiger partial charge in [0.05, 0.1) is 14.2 Å². The Hall–Kier alpha value is -2.50. The van der Waals surface area contributed by atoms with E-state index in [1.54, 1.807) is 45.5 Å². The van der Waals surface area contributed by atoms with Crippen molar-refractivity contribution in [3.8, 4) is 11.5 Å². The molecule has 6 nitrogen and oxygen atoms in total. The summed E-state index contributed by atoms with van der Waals surface area (Å²) in [6.45, 7) is 1.53. The summed E-state index contributed by atoms with van der Waals surface area (Å²) in [7, 11) is 6.29. The number of esters is 1. The molecule has 6 heteroatoms. The zero-order valence-electron chi connectivity index (χ0n) is 13.5. The van der Waals surface area contributed by atoms with E-state index in [0.29, 0.717) is 11.5 Å². The topological polar surface area (TPSA) is 65.1 Å². The number of benzene rings is 1. The highest BCUT2D eigenvalue weighted by molar-refractivity contribution is 5.90. The summed E-state index contributed by atoms with van der Waals surface area (Å²) in [6.07, 6.45) is 2.02. The van der Waals surface area contributed by atoms with Crippen molar-refractivity contribution in [2.24, 2.45) is 0 Å². The number of amides is 1. The largest absolute Gasteiger partial charge is 0.493 e. The molecule has 0 heterocycles. The standard InChI is InChI=1S/C16H21NO5/c1-11(16(19)17(2)3)22-15(18)9-7-12-6-8-13(20-4)14(10-12)21-5/h6-11H,1-5H3/b9-7+/t11-/m0/s1. The van der Waals surface area contributed by atoms with Gasteiger partial charge in [-0.25, -0.2) is 4.79 Å². The van der Waals surface area contributed by atoms with Crippen LogP contribution in [0.4, 0.5) is 0 Å². The van der Waals surface area contributed by atoms with Crippen molar-refractivity contribution in [3.05, 3.63) is 29.8 Å². The first-order chi connectivity index (χ1) is 10.4. The van der Waals surface area contributed by atoms with E-state index in [2.05, 4.69) is 0 Å². The number of nitrogens with zero attached hydrogens (tertiary/aromatic N) is 1. The second kappa shape index (κ2) is 8.07. The molecule has 0 spiro atoms. The lowest BCUT2D eigenvalue weighted by molar-refractivity contribution is -0.153. The van der Waals surface area contributed by atoms with Gasteiger partial charge in [0.25, 0.3) is 5.91 Å². The molecule has 1 amide bonds. The maximum absolute atomic E-state index is 11.7. The van der Waals surface area contributed by atoms with Crippen LogP contribution in [0.25, 0.3) is 6.08 Å². The molecule has 1 aromatic rings. The third-order valence-corrected chi connectivity index (χ3v) is 2.90. The summed E-state index contributed by atoms with van der Waals surface area (Å²) in [6, 6.07) is 5.25. The molecule has 0 fully saturated rings. The summed E-state index contributed by atoms with van der Waals surface area (Å²) >= 11 is 0.